The molecule has 0 aliphatic heterocycles. The highest BCUT2D eigenvalue weighted by Crippen LogP contribution is 2.24. The highest BCUT2D eigenvalue weighted by atomic mass is 16.5. The highest BCUT2D eigenvalue weighted by molar-refractivity contribution is 5.96. The zero-order valence-corrected chi connectivity index (χ0v) is 17.8. The Balaban J connectivity index is 1.66. The number of nitrogens with one attached hydrogen (secondary N) is 1. The van der Waals surface area contributed by atoms with Crippen LogP contribution >= 0.6 is 0 Å². The number of amides is 2. The van der Waals surface area contributed by atoms with Gasteiger partial charge >= 0.3 is 0 Å². The van der Waals surface area contributed by atoms with Crippen molar-refractivity contribution in [3.8, 4) is 0 Å². The first-order chi connectivity index (χ1) is 14.0. The first-order valence-corrected chi connectivity index (χ1v) is 10.9. The smallest absolute Gasteiger partial charge is 0.253 e. The Hall–Kier alpha value is -2.34. The lowest BCUT2D eigenvalue weighted by Crippen LogP contribution is -2.33. The third kappa shape index (κ3) is 5.18. The molecule has 3 rings (SSSR count). The van der Waals surface area contributed by atoms with Crippen molar-refractivity contribution in [3.63, 3.8) is 0 Å². The molecule has 6 nitrogen and oxygen atoms in total. The molecule has 1 aliphatic carbocycles. The van der Waals surface area contributed by atoms with Gasteiger partial charge in [0, 0.05) is 35.9 Å². The molecule has 0 bridgehead atoms. The van der Waals surface area contributed by atoms with E-state index in [9.17, 15) is 9.59 Å². The van der Waals surface area contributed by atoms with Crippen molar-refractivity contribution in [2.75, 3.05) is 18.4 Å². The Labute approximate surface area is 173 Å². The van der Waals surface area contributed by atoms with Crippen LogP contribution in [0.4, 0.5) is 5.69 Å². The van der Waals surface area contributed by atoms with E-state index in [0.29, 0.717) is 26.1 Å². The molecule has 1 heterocycles. The van der Waals surface area contributed by atoms with Gasteiger partial charge in [0.1, 0.15) is 12.6 Å². The van der Waals surface area contributed by atoms with Crippen molar-refractivity contribution in [2.45, 2.75) is 71.6 Å². The molecule has 1 unspecified atom stereocenters. The van der Waals surface area contributed by atoms with Crippen LogP contribution in [-0.4, -0.2) is 46.6 Å². The van der Waals surface area contributed by atoms with Crippen LogP contribution < -0.4 is 5.32 Å². The molecule has 1 aromatic heterocycles. The van der Waals surface area contributed by atoms with Crippen LogP contribution in [0.5, 0.6) is 0 Å². The molecule has 6 heteroatoms. The summed E-state index contributed by atoms with van der Waals surface area (Å²) in [5.41, 5.74) is 1.74. The average molecular weight is 400 g/mol. The van der Waals surface area contributed by atoms with Gasteiger partial charge in [0.05, 0.1) is 6.10 Å². The minimum Gasteiger partial charge on any atom is -0.365 e. The number of benzene rings is 1. The molecule has 1 aromatic carbocycles. The van der Waals surface area contributed by atoms with Gasteiger partial charge in [0.2, 0.25) is 5.91 Å². The van der Waals surface area contributed by atoms with E-state index in [2.05, 4.69) is 5.32 Å². The number of ether oxygens (including phenoxy) is 1. The summed E-state index contributed by atoms with van der Waals surface area (Å²) in [7, 11) is 0. The molecule has 1 atom stereocenters. The number of nitrogens with zero attached hydrogens (tertiary/aromatic N) is 2. The zero-order valence-electron chi connectivity index (χ0n) is 17.8. The van der Waals surface area contributed by atoms with Gasteiger partial charge in [-0.2, -0.15) is 0 Å². The van der Waals surface area contributed by atoms with Crippen molar-refractivity contribution < 1.29 is 14.3 Å². The average Bonchev–Trinajstić information content (AvgIpc) is 3.37. The van der Waals surface area contributed by atoms with Crippen LogP contribution in [0.15, 0.2) is 30.5 Å². The molecule has 2 amide bonds. The van der Waals surface area contributed by atoms with E-state index >= 15 is 0 Å². The van der Waals surface area contributed by atoms with Crippen molar-refractivity contribution in [1.29, 1.82) is 0 Å². The molecule has 0 radical (unpaired) electrons. The van der Waals surface area contributed by atoms with E-state index in [1.165, 1.54) is 12.8 Å². The molecular formula is C23H33N3O3. The number of likely N-dealkylation sites (N-methyl/N-ethyl adjacent to an activating group) is 1. The SMILES string of the molecule is CCC(OC1CCCC1)C(=O)Nc1ccc2c(ccn2CC(=O)N(CC)CC)c1. The van der Waals surface area contributed by atoms with Crippen LogP contribution in [0.2, 0.25) is 0 Å². The number of carbonyl (C=O) groups is 2. The van der Waals surface area contributed by atoms with Gasteiger partial charge in [-0.3, -0.25) is 9.59 Å². The van der Waals surface area contributed by atoms with Crippen molar-refractivity contribution in [1.82, 2.24) is 9.47 Å². The summed E-state index contributed by atoms with van der Waals surface area (Å²) >= 11 is 0. The fourth-order valence-corrected chi connectivity index (χ4v) is 4.06. The van der Waals surface area contributed by atoms with Gasteiger partial charge in [-0.15, -0.1) is 0 Å². The van der Waals surface area contributed by atoms with Crippen molar-refractivity contribution in [2.24, 2.45) is 0 Å². The van der Waals surface area contributed by atoms with E-state index in [1.54, 1.807) is 0 Å². The number of fused-ring (bicyclic) bond motifs is 1. The molecule has 1 N–H and O–H groups in total. The maximum Gasteiger partial charge on any atom is 0.253 e. The lowest BCUT2D eigenvalue weighted by molar-refractivity contribution is -0.132. The Morgan fingerprint density at radius 1 is 1.17 bits per heavy atom. The summed E-state index contributed by atoms with van der Waals surface area (Å²) in [6, 6.07) is 7.78. The molecule has 1 saturated carbocycles. The van der Waals surface area contributed by atoms with Gasteiger partial charge < -0.3 is 19.5 Å². The molecule has 0 saturated heterocycles. The summed E-state index contributed by atoms with van der Waals surface area (Å²) in [6.07, 6.45) is 6.87. The maximum absolute atomic E-state index is 12.7. The standard InChI is InChI=1S/C23H33N3O3/c1-4-21(29-19-9-7-8-10-19)23(28)24-18-11-12-20-17(15-18)13-14-26(20)16-22(27)25(5-2)6-3/h11-15,19,21H,4-10,16H2,1-3H3,(H,24,28). The minimum atomic E-state index is -0.412. The van der Waals surface area contributed by atoms with Gasteiger partial charge in [0.25, 0.3) is 5.91 Å². The second kappa shape index (κ2) is 9.92. The van der Waals surface area contributed by atoms with E-state index in [-0.39, 0.29) is 17.9 Å². The van der Waals surface area contributed by atoms with Gasteiger partial charge in [-0.1, -0.05) is 19.8 Å². The number of rotatable bonds is 9. The van der Waals surface area contributed by atoms with Crippen molar-refractivity contribution in [3.05, 3.63) is 30.5 Å². The number of carbonyl (C=O) groups excluding carboxylic acids is 2. The molecule has 0 spiro atoms. The predicted molar refractivity (Wildman–Crippen MR) is 116 cm³/mol. The molecule has 1 aliphatic rings. The van der Waals surface area contributed by atoms with Crippen LogP contribution in [0.3, 0.4) is 0 Å². The second-order valence-corrected chi connectivity index (χ2v) is 7.71. The van der Waals surface area contributed by atoms with E-state index in [1.807, 2.05) is 60.7 Å². The highest BCUT2D eigenvalue weighted by Gasteiger charge is 2.24. The zero-order chi connectivity index (χ0) is 20.8. The van der Waals surface area contributed by atoms with E-state index in [4.69, 9.17) is 4.74 Å². The number of anilines is 1. The fraction of sp³-hybridized carbons (Fsp3) is 0.565. The lowest BCUT2D eigenvalue weighted by Gasteiger charge is -2.20. The third-order valence-corrected chi connectivity index (χ3v) is 5.78. The van der Waals surface area contributed by atoms with Crippen LogP contribution in [0.25, 0.3) is 10.9 Å². The van der Waals surface area contributed by atoms with Crippen molar-refractivity contribution >= 4 is 28.4 Å². The Bertz CT molecular complexity index is 835. The second-order valence-electron chi connectivity index (χ2n) is 7.71. The van der Waals surface area contributed by atoms with Gasteiger partial charge in [0.15, 0.2) is 0 Å². The number of hydrogen-bond donors (Lipinski definition) is 1. The molecule has 2 aromatic rings. The summed E-state index contributed by atoms with van der Waals surface area (Å²) in [4.78, 5) is 26.9. The normalized spacial score (nSPS) is 15.6. The largest absolute Gasteiger partial charge is 0.365 e. The van der Waals surface area contributed by atoms with E-state index in [0.717, 1.165) is 29.4 Å². The summed E-state index contributed by atoms with van der Waals surface area (Å²) < 4.78 is 7.97. The first kappa shape index (κ1) is 21.4. The Morgan fingerprint density at radius 2 is 1.90 bits per heavy atom. The Morgan fingerprint density at radius 3 is 2.55 bits per heavy atom. The molecule has 29 heavy (non-hydrogen) atoms. The monoisotopic (exact) mass is 399 g/mol. The fourth-order valence-electron chi connectivity index (χ4n) is 4.06. The third-order valence-electron chi connectivity index (χ3n) is 5.78. The number of aromatic nitrogens is 1. The lowest BCUT2D eigenvalue weighted by atomic mass is 10.2. The van der Waals surface area contributed by atoms with Crippen LogP contribution in [-0.2, 0) is 20.9 Å². The molecular weight excluding hydrogens is 366 g/mol. The quantitative estimate of drug-likeness (QED) is 0.688. The molecule has 158 valence electrons. The van der Waals surface area contributed by atoms with Gasteiger partial charge in [-0.25, -0.2) is 0 Å². The summed E-state index contributed by atoms with van der Waals surface area (Å²) in [5.74, 6) is 0.0228. The topological polar surface area (TPSA) is 63.6 Å². The first-order valence-electron chi connectivity index (χ1n) is 10.9. The predicted octanol–water partition coefficient (Wildman–Crippen LogP) is 4.19. The van der Waals surface area contributed by atoms with E-state index < -0.39 is 6.10 Å². The van der Waals surface area contributed by atoms with Crippen LogP contribution in [0, 0.1) is 0 Å². The maximum atomic E-state index is 12.7. The van der Waals surface area contributed by atoms with Crippen LogP contribution in [0.1, 0.15) is 52.9 Å². The molecule has 1 fully saturated rings. The minimum absolute atomic E-state index is 0.0881. The Kier molecular flexibility index (Phi) is 7.31. The summed E-state index contributed by atoms with van der Waals surface area (Å²) in [5, 5.41) is 4.00. The van der Waals surface area contributed by atoms with Gasteiger partial charge in [-0.05, 0) is 57.4 Å². The number of hydrogen-bond acceptors (Lipinski definition) is 3. The summed E-state index contributed by atoms with van der Waals surface area (Å²) in [6.45, 7) is 7.71.